The summed E-state index contributed by atoms with van der Waals surface area (Å²) in [5, 5.41) is 3.36. The average molecular weight is 348 g/mol. The van der Waals surface area contributed by atoms with Crippen LogP contribution in [0.5, 0.6) is 0 Å². The zero-order valence-corrected chi connectivity index (χ0v) is 15.0. The average Bonchev–Trinajstić information content (AvgIpc) is 2.75. The first kappa shape index (κ1) is 18.2. The number of amides is 2. The summed E-state index contributed by atoms with van der Waals surface area (Å²) in [4.78, 5) is 25.5. The van der Waals surface area contributed by atoms with Crippen molar-refractivity contribution in [3.63, 3.8) is 0 Å². The van der Waals surface area contributed by atoms with Crippen LogP contribution in [-0.2, 0) is 9.59 Å². The second kappa shape index (κ2) is 8.63. The second-order valence-electron chi connectivity index (χ2n) is 6.00. The summed E-state index contributed by atoms with van der Waals surface area (Å²) in [6.07, 6.45) is 3.40. The number of aryl methyl sites for hydroxylation is 1. The SMILES string of the molecule is Cc1cccc(NC(=S)NNC(=O)CN2CCCCCC2=O)c1C. The predicted molar refractivity (Wildman–Crippen MR) is 98.5 cm³/mol. The van der Waals surface area contributed by atoms with Crippen molar-refractivity contribution in [1.82, 2.24) is 15.8 Å². The van der Waals surface area contributed by atoms with E-state index in [0.29, 0.717) is 18.1 Å². The van der Waals surface area contributed by atoms with E-state index >= 15 is 0 Å². The maximum Gasteiger partial charge on any atom is 0.257 e. The number of hydrogen-bond donors (Lipinski definition) is 3. The molecule has 0 atom stereocenters. The molecule has 1 aromatic rings. The topological polar surface area (TPSA) is 73.5 Å². The van der Waals surface area contributed by atoms with Crippen molar-refractivity contribution >= 4 is 34.8 Å². The van der Waals surface area contributed by atoms with E-state index in [2.05, 4.69) is 16.2 Å². The summed E-state index contributed by atoms with van der Waals surface area (Å²) in [6, 6.07) is 5.89. The minimum atomic E-state index is -0.282. The Kier molecular flexibility index (Phi) is 6.54. The number of carbonyl (C=O) groups excluding carboxylic acids is 2. The number of anilines is 1. The van der Waals surface area contributed by atoms with E-state index in [-0.39, 0.29) is 18.4 Å². The van der Waals surface area contributed by atoms with Crippen molar-refractivity contribution in [2.24, 2.45) is 0 Å². The Morgan fingerprint density at radius 2 is 2.00 bits per heavy atom. The molecule has 0 spiro atoms. The number of nitrogens with one attached hydrogen (secondary N) is 3. The van der Waals surface area contributed by atoms with Gasteiger partial charge in [-0.15, -0.1) is 0 Å². The molecule has 0 bridgehead atoms. The Bertz CT molecular complexity index is 633. The summed E-state index contributed by atoms with van der Waals surface area (Å²) in [7, 11) is 0. The highest BCUT2D eigenvalue weighted by Gasteiger charge is 2.19. The van der Waals surface area contributed by atoms with Crippen LogP contribution in [0, 0.1) is 13.8 Å². The molecule has 3 N–H and O–H groups in total. The third kappa shape index (κ3) is 5.19. The molecule has 1 aliphatic rings. The number of likely N-dealkylation sites (tertiary alicyclic amines) is 1. The van der Waals surface area contributed by atoms with Gasteiger partial charge in [0.1, 0.15) is 6.54 Å². The molecule has 0 aromatic heterocycles. The van der Waals surface area contributed by atoms with Gasteiger partial charge in [0.2, 0.25) is 5.91 Å². The summed E-state index contributed by atoms with van der Waals surface area (Å²) in [6.45, 7) is 4.72. The third-order valence-electron chi connectivity index (χ3n) is 4.17. The minimum absolute atomic E-state index is 0.0405. The molecular formula is C17H24N4O2S. The molecule has 1 aliphatic heterocycles. The van der Waals surface area contributed by atoms with Crippen LogP contribution in [0.4, 0.5) is 5.69 Å². The largest absolute Gasteiger partial charge is 0.333 e. The zero-order chi connectivity index (χ0) is 17.5. The van der Waals surface area contributed by atoms with Crippen molar-refractivity contribution in [1.29, 1.82) is 0 Å². The highest BCUT2D eigenvalue weighted by molar-refractivity contribution is 7.80. The van der Waals surface area contributed by atoms with E-state index in [9.17, 15) is 9.59 Å². The van der Waals surface area contributed by atoms with Gasteiger partial charge >= 0.3 is 0 Å². The molecule has 7 heteroatoms. The monoisotopic (exact) mass is 348 g/mol. The quantitative estimate of drug-likeness (QED) is 0.576. The van der Waals surface area contributed by atoms with Crippen LogP contribution in [0.15, 0.2) is 18.2 Å². The molecule has 24 heavy (non-hydrogen) atoms. The molecule has 0 aliphatic carbocycles. The number of carbonyl (C=O) groups is 2. The molecule has 1 aromatic carbocycles. The maximum absolute atomic E-state index is 12.0. The standard InChI is InChI=1S/C17H24N4O2S/c1-12-7-6-8-14(13(12)2)18-17(24)20-19-15(22)11-21-10-5-3-4-9-16(21)23/h6-8H,3-5,9-11H2,1-2H3,(H,19,22)(H2,18,20,24). The van der Waals surface area contributed by atoms with Crippen LogP contribution in [-0.4, -0.2) is 34.9 Å². The Labute approximate surface area is 148 Å². The van der Waals surface area contributed by atoms with Gasteiger partial charge in [-0.3, -0.25) is 20.4 Å². The fraction of sp³-hybridized carbons (Fsp3) is 0.471. The predicted octanol–water partition coefficient (Wildman–Crippen LogP) is 2.02. The van der Waals surface area contributed by atoms with Crippen LogP contribution in [0.25, 0.3) is 0 Å². The van der Waals surface area contributed by atoms with Crippen molar-refractivity contribution in [2.75, 3.05) is 18.4 Å². The first-order valence-corrected chi connectivity index (χ1v) is 8.58. The van der Waals surface area contributed by atoms with Crippen LogP contribution >= 0.6 is 12.2 Å². The van der Waals surface area contributed by atoms with E-state index in [1.807, 2.05) is 32.0 Å². The van der Waals surface area contributed by atoms with Crippen LogP contribution in [0.2, 0.25) is 0 Å². The Balaban J connectivity index is 1.79. The number of hydrazine groups is 1. The maximum atomic E-state index is 12.0. The van der Waals surface area contributed by atoms with Gasteiger partial charge in [0.05, 0.1) is 0 Å². The van der Waals surface area contributed by atoms with E-state index in [0.717, 1.165) is 36.1 Å². The van der Waals surface area contributed by atoms with E-state index < -0.39 is 0 Å². The highest BCUT2D eigenvalue weighted by Crippen LogP contribution is 2.17. The molecule has 1 fully saturated rings. The number of thiocarbonyl (C=S) groups is 1. The summed E-state index contributed by atoms with van der Waals surface area (Å²) < 4.78 is 0. The number of benzene rings is 1. The molecule has 1 heterocycles. The molecule has 1 saturated heterocycles. The van der Waals surface area contributed by atoms with E-state index in [1.54, 1.807) is 4.90 Å². The summed E-state index contributed by atoms with van der Waals surface area (Å²) >= 11 is 5.19. The van der Waals surface area contributed by atoms with Crippen LogP contribution in [0.3, 0.4) is 0 Å². The Hall–Kier alpha value is -2.15. The lowest BCUT2D eigenvalue weighted by molar-refractivity contribution is -0.135. The van der Waals surface area contributed by atoms with Gasteiger partial charge in [-0.2, -0.15) is 0 Å². The second-order valence-corrected chi connectivity index (χ2v) is 6.41. The van der Waals surface area contributed by atoms with Gasteiger partial charge in [-0.05, 0) is 56.1 Å². The molecule has 0 radical (unpaired) electrons. The lowest BCUT2D eigenvalue weighted by Crippen LogP contribution is -2.48. The Morgan fingerprint density at radius 1 is 1.21 bits per heavy atom. The lowest BCUT2D eigenvalue weighted by atomic mass is 10.1. The zero-order valence-electron chi connectivity index (χ0n) is 14.1. The minimum Gasteiger partial charge on any atom is -0.333 e. The van der Waals surface area contributed by atoms with Gasteiger partial charge in [0.15, 0.2) is 5.11 Å². The van der Waals surface area contributed by atoms with Crippen molar-refractivity contribution < 1.29 is 9.59 Å². The third-order valence-corrected chi connectivity index (χ3v) is 4.38. The molecule has 0 saturated carbocycles. The normalized spacial score (nSPS) is 14.8. The smallest absolute Gasteiger partial charge is 0.257 e. The fourth-order valence-electron chi connectivity index (χ4n) is 2.59. The van der Waals surface area contributed by atoms with Gasteiger partial charge in [0, 0.05) is 18.7 Å². The van der Waals surface area contributed by atoms with Gasteiger partial charge in [0.25, 0.3) is 5.91 Å². The molecule has 130 valence electrons. The lowest BCUT2D eigenvalue weighted by Gasteiger charge is -2.20. The van der Waals surface area contributed by atoms with Crippen molar-refractivity contribution in [3.05, 3.63) is 29.3 Å². The van der Waals surface area contributed by atoms with Crippen LogP contribution in [0.1, 0.15) is 36.8 Å². The summed E-state index contributed by atoms with van der Waals surface area (Å²) in [5.74, 6) is -0.242. The van der Waals surface area contributed by atoms with Gasteiger partial charge < -0.3 is 10.2 Å². The fourth-order valence-corrected chi connectivity index (χ4v) is 2.75. The van der Waals surface area contributed by atoms with Gasteiger partial charge in [-0.25, -0.2) is 0 Å². The van der Waals surface area contributed by atoms with Crippen molar-refractivity contribution in [2.45, 2.75) is 39.5 Å². The first-order chi connectivity index (χ1) is 11.5. The molecule has 6 nitrogen and oxygen atoms in total. The molecule has 0 unspecified atom stereocenters. The van der Waals surface area contributed by atoms with Crippen molar-refractivity contribution in [3.8, 4) is 0 Å². The van der Waals surface area contributed by atoms with Crippen LogP contribution < -0.4 is 16.2 Å². The van der Waals surface area contributed by atoms with Gasteiger partial charge in [-0.1, -0.05) is 18.6 Å². The number of hydrogen-bond acceptors (Lipinski definition) is 3. The molecule has 2 amide bonds. The number of rotatable bonds is 3. The molecule has 2 rings (SSSR count). The first-order valence-electron chi connectivity index (χ1n) is 8.17. The summed E-state index contributed by atoms with van der Waals surface area (Å²) in [5.41, 5.74) is 8.37. The Morgan fingerprint density at radius 3 is 2.79 bits per heavy atom. The highest BCUT2D eigenvalue weighted by atomic mass is 32.1. The number of nitrogens with zero attached hydrogens (tertiary/aromatic N) is 1. The van der Waals surface area contributed by atoms with E-state index in [4.69, 9.17) is 12.2 Å². The van der Waals surface area contributed by atoms with E-state index in [1.165, 1.54) is 0 Å². The molecular weight excluding hydrogens is 324 g/mol.